The smallest absolute Gasteiger partial charge is 0.178 e. The fraction of sp³-hybridized carbons (Fsp3) is 0.759. The molecule has 0 saturated heterocycles. The van der Waals surface area contributed by atoms with Crippen LogP contribution in [0.5, 0.6) is 23.0 Å². The van der Waals surface area contributed by atoms with Gasteiger partial charge in [-0.05, 0) is 137 Å². The van der Waals surface area contributed by atoms with Crippen LogP contribution in [-0.2, 0) is 37.9 Å². The van der Waals surface area contributed by atoms with E-state index in [9.17, 15) is 20.4 Å². The molecule has 0 aliphatic rings. The summed E-state index contributed by atoms with van der Waals surface area (Å²) >= 11 is 0. The van der Waals surface area contributed by atoms with Crippen LogP contribution in [0.2, 0.25) is 0 Å². The van der Waals surface area contributed by atoms with Crippen molar-refractivity contribution in [2.45, 2.75) is 181 Å². The van der Waals surface area contributed by atoms with Crippen LogP contribution in [0.4, 0.5) is 0 Å². The Kier molecular flexibility index (Phi) is 38.7. The zero-order chi connectivity index (χ0) is 53.1. The van der Waals surface area contributed by atoms with Crippen molar-refractivity contribution in [1.82, 2.24) is 0 Å². The molecule has 16 heteroatoms. The van der Waals surface area contributed by atoms with Crippen molar-refractivity contribution in [1.29, 1.82) is 0 Å². The van der Waals surface area contributed by atoms with Crippen LogP contribution in [-0.4, -0.2) is 151 Å². The number of aliphatic hydroxyl groups excluding tert-OH is 4. The van der Waals surface area contributed by atoms with Gasteiger partial charge in [0.2, 0.25) is 0 Å². The summed E-state index contributed by atoms with van der Waals surface area (Å²) in [4.78, 5) is 0. The van der Waals surface area contributed by atoms with Gasteiger partial charge in [-0.1, -0.05) is 77.0 Å². The summed E-state index contributed by atoms with van der Waals surface area (Å²) in [5.74, 6) is 2.92. The SMILES string of the molecule is CCOCC(O)OCCCCCCCOc1cc2cc3cc(OCCCCCCCOC(O)COCC)c(OCCCCCCCOC(O)COCC)cc3cc2cc1OCCCCCCCOC(O)COCC. The van der Waals surface area contributed by atoms with Gasteiger partial charge in [-0.3, -0.25) is 0 Å². The molecule has 426 valence electrons. The highest BCUT2D eigenvalue weighted by Gasteiger charge is 2.14. The van der Waals surface area contributed by atoms with Gasteiger partial charge in [-0.15, -0.1) is 0 Å². The normalized spacial score (nSPS) is 13.4. The number of hydrogen-bond donors (Lipinski definition) is 4. The first-order valence-corrected chi connectivity index (χ1v) is 28.3. The molecule has 0 saturated carbocycles. The van der Waals surface area contributed by atoms with Gasteiger partial charge in [-0.2, -0.15) is 0 Å². The summed E-state index contributed by atoms with van der Waals surface area (Å²) < 4.78 is 68.6. The topological polar surface area (TPSA) is 192 Å². The van der Waals surface area contributed by atoms with E-state index in [2.05, 4.69) is 36.4 Å². The summed E-state index contributed by atoms with van der Waals surface area (Å²) in [5.41, 5.74) is 0. The number of aliphatic hydroxyl groups is 4. The van der Waals surface area contributed by atoms with Crippen LogP contribution in [0.15, 0.2) is 36.4 Å². The summed E-state index contributed by atoms with van der Waals surface area (Å²) in [6.07, 6.45) is 16.0. The Balaban J connectivity index is 1.67. The minimum absolute atomic E-state index is 0.196. The maximum atomic E-state index is 9.85. The zero-order valence-corrected chi connectivity index (χ0v) is 45.9. The van der Waals surface area contributed by atoms with Gasteiger partial charge in [-0.25, -0.2) is 0 Å². The van der Waals surface area contributed by atoms with E-state index in [4.69, 9.17) is 56.8 Å². The molecule has 0 amide bonds. The van der Waals surface area contributed by atoms with Crippen LogP contribution in [0.25, 0.3) is 21.5 Å². The lowest BCUT2D eigenvalue weighted by Gasteiger charge is -2.17. The van der Waals surface area contributed by atoms with Crippen LogP contribution in [0, 0.1) is 0 Å². The van der Waals surface area contributed by atoms with E-state index in [1.54, 1.807) is 0 Å². The Hall–Kier alpha value is -3.10. The Morgan fingerprint density at radius 2 is 0.459 bits per heavy atom. The van der Waals surface area contributed by atoms with E-state index in [1.165, 1.54) is 0 Å². The van der Waals surface area contributed by atoms with Crippen LogP contribution in [0.3, 0.4) is 0 Å². The minimum Gasteiger partial charge on any atom is -0.490 e. The molecule has 3 rings (SSSR count). The Morgan fingerprint density at radius 1 is 0.270 bits per heavy atom. The predicted octanol–water partition coefficient (Wildman–Crippen LogP) is 10.8. The van der Waals surface area contributed by atoms with Gasteiger partial charge in [0, 0.05) is 52.9 Å². The maximum Gasteiger partial charge on any atom is 0.178 e. The molecule has 0 aromatic heterocycles. The van der Waals surface area contributed by atoms with Crippen molar-refractivity contribution in [2.24, 2.45) is 0 Å². The molecule has 3 aromatic rings. The summed E-state index contributed by atoms with van der Waals surface area (Å²) in [6, 6.07) is 12.8. The first kappa shape index (κ1) is 65.2. The average Bonchev–Trinajstić information content (AvgIpc) is 3.40. The van der Waals surface area contributed by atoms with Crippen molar-refractivity contribution in [3.8, 4) is 23.0 Å². The van der Waals surface area contributed by atoms with E-state index in [0.717, 1.165) is 173 Å². The average molecular weight is 1050 g/mol. The molecule has 0 fully saturated rings. The van der Waals surface area contributed by atoms with Crippen molar-refractivity contribution >= 4 is 21.5 Å². The molecule has 0 spiro atoms. The number of rotatable bonds is 52. The molecule has 3 aromatic carbocycles. The number of ether oxygens (including phenoxy) is 12. The number of benzene rings is 3. The van der Waals surface area contributed by atoms with E-state index in [-0.39, 0.29) is 26.4 Å². The van der Waals surface area contributed by atoms with Crippen molar-refractivity contribution in [3.63, 3.8) is 0 Å². The minimum atomic E-state index is -0.876. The Bertz CT molecular complexity index is 1530. The number of fused-ring (bicyclic) bond motifs is 2. The third-order valence-electron chi connectivity index (χ3n) is 12.2. The molecule has 0 aliphatic carbocycles. The van der Waals surface area contributed by atoms with Crippen molar-refractivity contribution in [2.75, 3.05) is 106 Å². The summed E-state index contributed by atoms with van der Waals surface area (Å²) in [7, 11) is 0. The lowest BCUT2D eigenvalue weighted by atomic mass is 10.0. The van der Waals surface area contributed by atoms with Gasteiger partial charge >= 0.3 is 0 Å². The lowest BCUT2D eigenvalue weighted by Crippen LogP contribution is -2.19. The molecule has 4 atom stereocenters. The molecular formula is C58H98O16. The second kappa shape index (κ2) is 43.9. The summed E-state index contributed by atoms with van der Waals surface area (Å²) in [5, 5.41) is 43.6. The molecule has 4 N–H and O–H groups in total. The number of hydrogen-bond acceptors (Lipinski definition) is 16. The Labute approximate surface area is 443 Å². The molecule has 0 bridgehead atoms. The summed E-state index contributed by atoms with van der Waals surface area (Å²) in [6.45, 7) is 14.9. The van der Waals surface area contributed by atoms with E-state index in [0.29, 0.717) is 79.3 Å². The van der Waals surface area contributed by atoms with Gasteiger partial charge in [0.15, 0.2) is 48.2 Å². The molecule has 4 unspecified atom stereocenters. The van der Waals surface area contributed by atoms with Crippen LogP contribution < -0.4 is 18.9 Å². The van der Waals surface area contributed by atoms with Crippen molar-refractivity contribution in [3.05, 3.63) is 36.4 Å². The standard InChI is InChI=1S/C58H98O16/c1-5-63-43-55(59)71-33-25-17-9-13-21-29-67-51-39-47-37-49-41-53(69-31-23-15-11-19-27-35-73-57(61)45-65-7-3)54(70-32-24-16-12-20-28-36-74-58(62)46-66-8-4)42-50(49)38-48(47)40-52(51)68-30-22-14-10-18-26-34-72-56(60)44-64-6-2/h37-42,55-62H,5-36,43-46H2,1-4H3. The molecule has 16 nitrogen and oxygen atoms in total. The van der Waals surface area contributed by atoms with Gasteiger partial charge in [0.05, 0.1) is 52.9 Å². The first-order chi connectivity index (χ1) is 36.3. The van der Waals surface area contributed by atoms with Crippen molar-refractivity contribution < 1.29 is 77.3 Å². The van der Waals surface area contributed by atoms with Gasteiger partial charge in [0.25, 0.3) is 0 Å². The fourth-order valence-corrected chi connectivity index (χ4v) is 8.08. The fourth-order valence-electron chi connectivity index (χ4n) is 8.08. The van der Waals surface area contributed by atoms with E-state index < -0.39 is 25.2 Å². The Morgan fingerprint density at radius 3 is 0.662 bits per heavy atom. The zero-order valence-electron chi connectivity index (χ0n) is 45.9. The van der Waals surface area contributed by atoms with Crippen LogP contribution >= 0.6 is 0 Å². The molecule has 0 radical (unpaired) electrons. The van der Waals surface area contributed by atoms with Gasteiger partial charge in [0.1, 0.15) is 0 Å². The van der Waals surface area contributed by atoms with E-state index >= 15 is 0 Å². The second-order valence-electron chi connectivity index (χ2n) is 18.5. The second-order valence-corrected chi connectivity index (χ2v) is 18.5. The third kappa shape index (κ3) is 31.2. The highest BCUT2D eigenvalue weighted by molar-refractivity contribution is 6.00. The molecule has 74 heavy (non-hydrogen) atoms. The third-order valence-corrected chi connectivity index (χ3v) is 12.2. The molecule has 0 aliphatic heterocycles. The van der Waals surface area contributed by atoms with E-state index in [1.807, 2.05) is 27.7 Å². The quantitative estimate of drug-likeness (QED) is 0.0237. The maximum absolute atomic E-state index is 9.85. The predicted molar refractivity (Wildman–Crippen MR) is 290 cm³/mol. The largest absolute Gasteiger partial charge is 0.490 e. The molecular weight excluding hydrogens is 953 g/mol. The monoisotopic (exact) mass is 1050 g/mol. The lowest BCUT2D eigenvalue weighted by molar-refractivity contribution is -0.137. The number of unbranched alkanes of at least 4 members (excludes halogenated alkanes) is 16. The highest BCUT2D eigenvalue weighted by atomic mass is 16.6. The molecule has 0 heterocycles. The first-order valence-electron chi connectivity index (χ1n) is 28.3. The van der Waals surface area contributed by atoms with Crippen LogP contribution in [0.1, 0.15) is 156 Å². The highest BCUT2D eigenvalue weighted by Crippen LogP contribution is 2.39. The van der Waals surface area contributed by atoms with Gasteiger partial charge < -0.3 is 77.3 Å².